The third kappa shape index (κ3) is 4.24. The lowest BCUT2D eigenvalue weighted by atomic mass is 9.84. The number of halogens is 2. The van der Waals surface area contributed by atoms with Gasteiger partial charge in [0.05, 0.1) is 20.1 Å². The molecule has 1 atom stereocenters. The van der Waals surface area contributed by atoms with Gasteiger partial charge in [-0.2, -0.15) is 0 Å². The van der Waals surface area contributed by atoms with Crippen molar-refractivity contribution >= 4 is 11.9 Å². The van der Waals surface area contributed by atoms with Gasteiger partial charge >= 0.3 is 11.9 Å². The number of hydrogen-bond acceptors (Lipinski definition) is 6. The second-order valence-corrected chi connectivity index (χ2v) is 4.97. The fourth-order valence-corrected chi connectivity index (χ4v) is 2.40. The van der Waals surface area contributed by atoms with Crippen LogP contribution >= 0.6 is 0 Å². The van der Waals surface area contributed by atoms with E-state index < -0.39 is 52.4 Å². The van der Waals surface area contributed by atoms with Gasteiger partial charge in [0, 0.05) is 10.5 Å². The van der Waals surface area contributed by atoms with Gasteiger partial charge in [0.2, 0.25) is 6.54 Å². The molecule has 0 unspecified atom stereocenters. The smallest absolute Gasteiger partial charge is 0.320 e. The molecular weight excluding hydrogens is 328 g/mol. The van der Waals surface area contributed by atoms with E-state index in [2.05, 4.69) is 9.47 Å². The Morgan fingerprint density at radius 2 is 1.62 bits per heavy atom. The Balaban J connectivity index is 3.53. The van der Waals surface area contributed by atoms with E-state index in [1.807, 2.05) is 0 Å². The average Bonchev–Trinajstić information content (AvgIpc) is 2.52. The number of carbonyl (C=O) groups excluding carboxylic acids is 2. The zero-order valence-electron chi connectivity index (χ0n) is 13.4. The molecule has 0 saturated heterocycles. The Morgan fingerprint density at radius 3 is 1.96 bits per heavy atom. The first-order chi connectivity index (χ1) is 11.3. The average molecular weight is 345 g/mol. The van der Waals surface area contributed by atoms with Gasteiger partial charge in [0.15, 0.2) is 5.92 Å². The van der Waals surface area contributed by atoms with Crippen LogP contribution in [0.4, 0.5) is 8.78 Å². The molecule has 9 heteroatoms. The van der Waals surface area contributed by atoms with Gasteiger partial charge in [-0.05, 0) is 24.1 Å². The predicted octanol–water partition coefficient (Wildman–Crippen LogP) is 1.85. The molecular formula is C15H17F2NO6. The highest BCUT2D eigenvalue weighted by Gasteiger charge is 2.43. The molecule has 0 heterocycles. The van der Waals surface area contributed by atoms with E-state index >= 15 is 0 Å². The summed E-state index contributed by atoms with van der Waals surface area (Å²) in [7, 11) is 1.91. The standard InChI is InChI=1S/C15H17F2NO6/c1-4-8-5-10(16)12(11(17)6-8)9(7-18(21)22)13(14(19)23-2)15(20)24-3/h5-6,9,13H,4,7H2,1-3H3/t9-/m0/s1. The molecule has 0 bridgehead atoms. The lowest BCUT2D eigenvalue weighted by Crippen LogP contribution is -2.36. The van der Waals surface area contributed by atoms with Gasteiger partial charge in [-0.25, -0.2) is 8.78 Å². The van der Waals surface area contributed by atoms with Crippen molar-refractivity contribution in [2.75, 3.05) is 20.8 Å². The first-order valence-electron chi connectivity index (χ1n) is 7.02. The van der Waals surface area contributed by atoms with Crippen LogP contribution < -0.4 is 0 Å². The first-order valence-corrected chi connectivity index (χ1v) is 7.02. The zero-order chi connectivity index (χ0) is 18.4. The van der Waals surface area contributed by atoms with Crippen LogP contribution in [0.5, 0.6) is 0 Å². The fraction of sp³-hybridized carbons (Fsp3) is 0.467. The van der Waals surface area contributed by atoms with Crippen molar-refractivity contribution in [2.45, 2.75) is 19.3 Å². The Labute approximate surface area is 136 Å². The van der Waals surface area contributed by atoms with E-state index in [0.29, 0.717) is 12.0 Å². The van der Waals surface area contributed by atoms with Gasteiger partial charge < -0.3 is 9.47 Å². The molecule has 0 saturated carbocycles. The lowest BCUT2D eigenvalue weighted by molar-refractivity contribution is -0.484. The van der Waals surface area contributed by atoms with E-state index in [0.717, 1.165) is 26.4 Å². The number of hydrogen-bond donors (Lipinski definition) is 0. The number of rotatable bonds is 7. The summed E-state index contributed by atoms with van der Waals surface area (Å²) in [4.78, 5) is 33.8. The molecule has 0 N–H and O–H groups in total. The predicted molar refractivity (Wildman–Crippen MR) is 77.9 cm³/mol. The van der Waals surface area contributed by atoms with Crippen molar-refractivity contribution in [3.8, 4) is 0 Å². The highest BCUT2D eigenvalue weighted by Crippen LogP contribution is 2.32. The van der Waals surface area contributed by atoms with E-state index in [4.69, 9.17) is 0 Å². The highest BCUT2D eigenvalue weighted by atomic mass is 19.1. The molecule has 0 fully saturated rings. The van der Waals surface area contributed by atoms with Crippen LogP contribution in [0, 0.1) is 27.7 Å². The normalized spacial score (nSPS) is 11.9. The third-order valence-electron chi connectivity index (χ3n) is 3.58. The molecule has 0 radical (unpaired) electrons. The number of benzene rings is 1. The summed E-state index contributed by atoms with van der Waals surface area (Å²) < 4.78 is 37.5. The molecule has 1 rings (SSSR count). The maximum absolute atomic E-state index is 14.3. The number of nitrogens with zero attached hydrogens (tertiary/aromatic N) is 1. The molecule has 7 nitrogen and oxygen atoms in total. The maximum atomic E-state index is 14.3. The summed E-state index contributed by atoms with van der Waals surface area (Å²) in [6.45, 7) is 0.627. The van der Waals surface area contributed by atoms with Gasteiger partial charge in [-0.3, -0.25) is 19.7 Å². The van der Waals surface area contributed by atoms with E-state index in [1.165, 1.54) is 0 Å². The van der Waals surface area contributed by atoms with E-state index in [9.17, 15) is 28.5 Å². The number of carbonyl (C=O) groups is 2. The topological polar surface area (TPSA) is 95.7 Å². The summed E-state index contributed by atoms with van der Waals surface area (Å²) in [5, 5.41) is 10.9. The van der Waals surface area contributed by atoms with Gasteiger partial charge in [-0.1, -0.05) is 6.92 Å². The van der Waals surface area contributed by atoms with Crippen molar-refractivity contribution < 1.29 is 32.8 Å². The second-order valence-electron chi connectivity index (χ2n) is 4.97. The number of methoxy groups -OCH3 is 2. The Bertz CT molecular complexity index is 610. The van der Waals surface area contributed by atoms with Crippen LogP contribution in [0.1, 0.15) is 24.0 Å². The molecule has 0 aliphatic carbocycles. The van der Waals surface area contributed by atoms with Gasteiger partial charge in [0.1, 0.15) is 11.6 Å². The van der Waals surface area contributed by atoms with Crippen LogP contribution in [0.3, 0.4) is 0 Å². The highest BCUT2D eigenvalue weighted by molar-refractivity contribution is 5.96. The largest absolute Gasteiger partial charge is 0.468 e. The van der Waals surface area contributed by atoms with Gasteiger partial charge in [-0.15, -0.1) is 0 Å². The number of esters is 2. The van der Waals surface area contributed by atoms with Crippen molar-refractivity contribution in [1.29, 1.82) is 0 Å². The summed E-state index contributed by atoms with van der Waals surface area (Å²) >= 11 is 0. The van der Waals surface area contributed by atoms with Crippen LogP contribution in [0.25, 0.3) is 0 Å². The minimum absolute atomic E-state index is 0.335. The molecule has 0 spiro atoms. The summed E-state index contributed by atoms with van der Waals surface area (Å²) in [5.41, 5.74) is -0.383. The number of aryl methyl sites for hydroxylation is 1. The number of ether oxygens (including phenoxy) is 2. The molecule has 132 valence electrons. The molecule has 0 aliphatic heterocycles. The minimum Gasteiger partial charge on any atom is -0.468 e. The van der Waals surface area contributed by atoms with Crippen LogP contribution in [0.15, 0.2) is 12.1 Å². The van der Waals surface area contributed by atoms with Gasteiger partial charge in [0.25, 0.3) is 0 Å². The van der Waals surface area contributed by atoms with E-state index in [-0.39, 0.29) is 0 Å². The monoisotopic (exact) mass is 345 g/mol. The lowest BCUT2D eigenvalue weighted by Gasteiger charge is -2.22. The van der Waals surface area contributed by atoms with E-state index in [1.54, 1.807) is 6.92 Å². The fourth-order valence-electron chi connectivity index (χ4n) is 2.40. The Kier molecular flexibility index (Phi) is 6.75. The zero-order valence-corrected chi connectivity index (χ0v) is 13.4. The first kappa shape index (κ1) is 19.5. The third-order valence-corrected chi connectivity index (χ3v) is 3.58. The van der Waals surface area contributed by atoms with Crippen LogP contribution in [-0.2, 0) is 25.5 Å². The van der Waals surface area contributed by atoms with Crippen molar-refractivity contribution in [3.05, 3.63) is 45.0 Å². The van der Waals surface area contributed by atoms with Crippen LogP contribution in [0.2, 0.25) is 0 Å². The summed E-state index contributed by atoms with van der Waals surface area (Å²) in [6, 6.07) is 2.02. The molecule has 0 aromatic heterocycles. The second kappa shape index (κ2) is 8.32. The molecule has 0 amide bonds. The van der Waals surface area contributed by atoms with Crippen LogP contribution in [-0.4, -0.2) is 37.6 Å². The van der Waals surface area contributed by atoms with Crippen molar-refractivity contribution in [1.82, 2.24) is 0 Å². The molecule has 24 heavy (non-hydrogen) atoms. The molecule has 0 aliphatic rings. The summed E-state index contributed by atoms with van der Waals surface area (Å²) in [6.07, 6.45) is 0.339. The van der Waals surface area contributed by atoms with Crippen molar-refractivity contribution in [3.63, 3.8) is 0 Å². The minimum atomic E-state index is -1.86. The van der Waals surface area contributed by atoms with Crippen molar-refractivity contribution in [2.24, 2.45) is 5.92 Å². The summed E-state index contributed by atoms with van der Waals surface area (Å²) in [5.74, 6) is -8.06. The number of nitro groups is 1. The SMILES string of the molecule is CCc1cc(F)c([C@H](C[N+](=O)[O-])C(C(=O)OC)C(=O)OC)c(F)c1. The Morgan fingerprint density at radius 1 is 1.17 bits per heavy atom. The molecule has 1 aromatic carbocycles. The maximum Gasteiger partial charge on any atom is 0.320 e. The quantitative estimate of drug-likeness (QED) is 0.324. The Hall–Kier alpha value is -2.58. The molecule has 1 aromatic rings.